The molecule has 0 unspecified atom stereocenters. The molecule has 0 aliphatic carbocycles. The number of nitriles is 1. The van der Waals surface area contributed by atoms with Crippen LogP contribution in [0, 0.1) is 25.2 Å². The van der Waals surface area contributed by atoms with E-state index in [1.807, 2.05) is 49.6 Å². The minimum atomic E-state index is 0.623. The molecule has 0 saturated heterocycles. The minimum absolute atomic E-state index is 0.623. The van der Waals surface area contributed by atoms with Gasteiger partial charge in [-0.15, -0.1) is 11.3 Å². The topological polar surface area (TPSA) is 36.7 Å². The van der Waals surface area contributed by atoms with E-state index in [1.54, 1.807) is 0 Å². The lowest BCUT2D eigenvalue weighted by Gasteiger charge is -1.99. The Morgan fingerprint density at radius 2 is 2.12 bits per heavy atom. The first-order valence-corrected chi connectivity index (χ1v) is 6.18. The Hall–Kier alpha value is -1.92. The Labute approximate surface area is 105 Å². The fourth-order valence-corrected chi connectivity index (χ4v) is 2.29. The van der Waals surface area contributed by atoms with E-state index in [4.69, 9.17) is 0 Å². The van der Waals surface area contributed by atoms with E-state index in [1.165, 1.54) is 11.3 Å². The zero-order valence-corrected chi connectivity index (χ0v) is 10.6. The van der Waals surface area contributed by atoms with Crippen LogP contribution in [-0.2, 0) is 0 Å². The Kier molecular flexibility index (Phi) is 3.36. The van der Waals surface area contributed by atoms with E-state index in [-0.39, 0.29) is 0 Å². The van der Waals surface area contributed by atoms with Crippen LogP contribution in [0.1, 0.15) is 21.8 Å². The van der Waals surface area contributed by atoms with E-state index in [0.29, 0.717) is 5.57 Å². The summed E-state index contributed by atoms with van der Waals surface area (Å²) in [6.07, 6.45) is 1.90. The van der Waals surface area contributed by atoms with Crippen molar-refractivity contribution < 1.29 is 0 Å². The van der Waals surface area contributed by atoms with E-state index >= 15 is 0 Å². The summed E-state index contributed by atoms with van der Waals surface area (Å²) in [5.74, 6) is 0. The van der Waals surface area contributed by atoms with Crippen molar-refractivity contribution >= 4 is 23.0 Å². The third-order valence-corrected chi connectivity index (χ3v) is 3.45. The molecule has 0 bridgehead atoms. The Morgan fingerprint density at radius 1 is 1.35 bits per heavy atom. The van der Waals surface area contributed by atoms with Gasteiger partial charge in [-0.1, -0.05) is 24.3 Å². The number of aromatic nitrogens is 1. The van der Waals surface area contributed by atoms with E-state index in [2.05, 4.69) is 11.1 Å². The number of hydrogen-bond acceptors (Lipinski definition) is 3. The number of allylic oxidation sites excluding steroid dienone is 1. The highest BCUT2D eigenvalue weighted by molar-refractivity contribution is 7.11. The standard InChI is InChI=1S/C14H12N2S/c1-10-5-3-4-6-12(10)7-13(8-15)14-16-11(2)9-17-14/h3-7,9H,1-2H3/b13-7-. The average Bonchev–Trinajstić information content (AvgIpc) is 2.75. The Balaban J connectivity index is 2.44. The molecule has 0 amide bonds. The quantitative estimate of drug-likeness (QED) is 0.748. The zero-order valence-electron chi connectivity index (χ0n) is 9.77. The van der Waals surface area contributed by atoms with Crippen molar-refractivity contribution in [3.63, 3.8) is 0 Å². The molecule has 2 rings (SSSR count). The van der Waals surface area contributed by atoms with Crippen LogP contribution in [0.2, 0.25) is 0 Å². The van der Waals surface area contributed by atoms with Gasteiger partial charge in [-0.2, -0.15) is 5.26 Å². The van der Waals surface area contributed by atoms with Gasteiger partial charge in [-0.25, -0.2) is 4.98 Å². The molecule has 3 heteroatoms. The molecule has 0 radical (unpaired) electrons. The fraction of sp³-hybridized carbons (Fsp3) is 0.143. The smallest absolute Gasteiger partial charge is 0.134 e. The van der Waals surface area contributed by atoms with Crippen molar-refractivity contribution in [1.82, 2.24) is 4.98 Å². The molecule has 0 aliphatic heterocycles. The lowest BCUT2D eigenvalue weighted by atomic mass is 10.1. The summed E-state index contributed by atoms with van der Waals surface area (Å²) in [5.41, 5.74) is 3.80. The predicted octanol–water partition coefficient (Wildman–Crippen LogP) is 3.82. The lowest BCUT2D eigenvalue weighted by Crippen LogP contribution is -1.84. The fourth-order valence-electron chi connectivity index (χ4n) is 1.52. The molecular formula is C14H12N2S. The molecular weight excluding hydrogens is 228 g/mol. The van der Waals surface area contributed by atoms with Gasteiger partial charge in [0.1, 0.15) is 11.1 Å². The maximum Gasteiger partial charge on any atom is 0.134 e. The highest BCUT2D eigenvalue weighted by Gasteiger charge is 2.06. The van der Waals surface area contributed by atoms with Gasteiger partial charge in [0, 0.05) is 11.1 Å². The van der Waals surface area contributed by atoms with Gasteiger partial charge in [-0.05, 0) is 31.1 Å². The van der Waals surface area contributed by atoms with Crippen molar-refractivity contribution in [1.29, 1.82) is 5.26 Å². The molecule has 1 aromatic heterocycles. The van der Waals surface area contributed by atoms with Gasteiger partial charge >= 0.3 is 0 Å². The van der Waals surface area contributed by atoms with Crippen LogP contribution < -0.4 is 0 Å². The van der Waals surface area contributed by atoms with Crippen molar-refractivity contribution in [3.8, 4) is 6.07 Å². The summed E-state index contributed by atoms with van der Waals surface area (Å²) in [6, 6.07) is 10.2. The first-order chi connectivity index (χ1) is 8.20. The lowest BCUT2D eigenvalue weighted by molar-refractivity contribution is 1.25. The normalized spacial score (nSPS) is 11.2. The van der Waals surface area contributed by atoms with Crippen LogP contribution in [0.25, 0.3) is 11.6 Å². The third-order valence-electron chi connectivity index (χ3n) is 2.46. The van der Waals surface area contributed by atoms with Crippen LogP contribution >= 0.6 is 11.3 Å². The first-order valence-electron chi connectivity index (χ1n) is 5.30. The van der Waals surface area contributed by atoms with Gasteiger partial charge < -0.3 is 0 Å². The molecule has 17 heavy (non-hydrogen) atoms. The van der Waals surface area contributed by atoms with Crippen molar-refractivity contribution in [2.45, 2.75) is 13.8 Å². The number of hydrogen-bond donors (Lipinski definition) is 0. The molecule has 2 aromatic rings. The van der Waals surface area contributed by atoms with Crippen LogP contribution in [0.5, 0.6) is 0 Å². The molecule has 1 heterocycles. The number of thiazole rings is 1. The summed E-state index contributed by atoms with van der Waals surface area (Å²) >= 11 is 1.51. The van der Waals surface area contributed by atoms with Crippen LogP contribution in [0.15, 0.2) is 29.6 Å². The summed E-state index contributed by atoms with van der Waals surface area (Å²) in [4.78, 5) is 4.34. The molecule has 0 saturated carbocycles. The van der Waals surface area contributed by atoms with Crippen molar-refractivity contribution in [2.75, 3.05) is 0 Å². The first kappa shape index (κ1) is 11.6. The third kappa shape index (κ3) is 2.61. The average molecular weight is 240 g/mol. The maximum absolute atomic E-state index is 9.19. The van der Waals surface area contributed by atoms with E-state index in [0.717, 1.165) is 21.8 Å². The van der Waals surface area contributed by atoms with Gasteiger partial charge in [0.05, 0.1) is 5.57 Å². The second-order valence-corrected chi connectivity index (χ2v) is 4.68. The minimum Gasteiger partial charge on any atom is -0.241 e. The molecule has 1 aromatic carbocycles. The van der Waals surface area contributed by atoms with Crippen molar-refractivity contribution in [2.24, 2.45) is 0 Å². The van der Waals surface area contributed by atoms with Crippen molar-refractivity contribution in [3.05, 3.63) is 51.5 Å². The zero-order chi connectivity index (χ0) is 12.3. The van der Waals surface area contributed by atoms with Crippen LogP contribution in [0.3, 0.4) is 0 Å². The van der Waals surface area contributed by atoms with Crippen LogP contribution in [0.4, 0.5) is 0 Å². The largest absolute Gasteiger partial charge is 0.241 e. The molecule has 0 spiro atoms. The maximum atomic E-state index is 9.19. The molecule has 0 fully saturated rings. The second-order valence-electron chi connectivity index (χ2n) is 3.82. The Morgan fingerprint density at radius 3 is 2.71 bits per heavy atom. The van der Waals surface area contributed by atoms with Gasteiger partial charge in [0.15, 0.2) is 0 Å². The number of rotatable bonds is 2. The highest BCUT2D eigenvalue weighted by atomic mass is 32.1. The molecule has 0 aliphatic rings. The molecule has 2 nitrogen and oxygen atoms in total. The number of benzene rings is 1. The van der Waals surface area contributed by atoms with E-state index < -0.39 is 0 Å². The summed E-state index contributed by atoms with van der Waals surface area (Å²) in [6.45, 7) is 3.97. The summed E-state index contributed by atoms with van der Waals surface area (Å²) in [7, 11) is 0. The monoisotopic (exact) mass is 240 g/mol. The summed E-state index contributed by atoms with van der Waals surface area (Å²) < 4.78 is 0. The van der Waals surface area contributed by atoms with Gasteiger partial charge in [0.2, 0.25) is 0 Å². The molecule has 0 atom stereocenters. The predicted molar refractivity (Wildman–Crippen MR) is 71.5 cm³/mol. The van der Waals surface area contributed by atoms with Crippen LogP contribution in [-0.4, -0.2) is 4.98 Å². The SMILES string of the molecule is Cc1csc(/C(C#N)=C\c2ccccc2C)n1. The summed E-state index contributed by atoms with van der Waals surface area (Å²) in [5, 5.41) is 11.9. The Bertz CT molecular complexity index is 603. The second kappa shape index (κ2) is 4.94. The van der Waals surface area contributed by atoms with Gasteiger partial charge in [0.25, 0.3) is 0 Å². The van der Waals surface area contributed by atoms with E-state index in [9.17, 15) is 5.26 Å². The number of aryl methyl sites for hydroxylation is 2. The van der Waals surface area contributed by atoms with Gasteiger partial charge in [-0.3, -0.25) is 0 Å². The molecule has 0 N–H and O–H groups in total. The highest BCUT2D eigenvalue weighted by Crippen LogP contribution is 2.22. The number of nitrogens with zero attached hydrogens (tertiary/aromatic N) is 2. The molecule has 84 valence electrons.